The van der Waals surface area contributed by atoms with Crippen molar-refractivity contribution in [2.24, 2.45) is 7.05 Å². The molecule has 0 unspecified atom stereocenters. The number of aryl methyl sites for hydroxylation is 1. The van der Waals surface area contributed by atoms with Gasteiger partial charge in [-0.3, -0.25) is 14.7 Å². The number of rotatable bonds is 3. The minimum absolute atomic E-state index is 0.360. The third-order valence-corrected chi connectivity index (χ3v) is 3.92. The molecule has 3 rings (SSSR count). The van der Waals surface area contributed by atoms with Crippen molar-refractivity contribution in [1.82, 2.24) is 19.3 Å². The molecule has 0 spiro atoms. The van der Waals surface area contributed by atoms with Crippen molar-refractivity contribution in [3.05, 3.63) is 42.0 Å². The van der Waals surface area contributed by atoms with Crippen LogP contribution < -0.4 is 5.49 Å². The maximum Gasteiger partial charge on any atom is 0.177 e. The van der Waals surface area contributed by atoms with E-state index in [0.717, 1.165) is 5.69 Å². The van der Waals surface area contributed by atoms with E-state index in [4.69, 9.17) is 11.8 Å². The minimum Gasteiger partial charge on any atom is -0.283 e. The second-order valence-corrected chi connectivity index (χ2v) is 5.35. The molecule has 1 aromatic carbocycles. The van der Waals surface area contributed by atoms with Gasteiger partial charge in [0.25, 0.3) is 0 Å². The Morgan fingerprint density at radius 3 is 2.81 bits per heavy atom. The molecule has 6 heteroatoms. The van der Waals surface area contributed by atoms with Crippen molar-refractivity contribution in [1.29, 1.82) is 5.41 Å². The first-order valence-corrected chi connectivity index (χ1v) is 7.32. The summed E-state index contributed by atoms with van der Waals surface area (Å²) in [6.45, 7) is 0. The zero-order valence-electron chi connectivity index (χ0n) is 11.4. The minimum atomic E-state index is 0.360. The van der Waals surface area contributed by atoms with Crippen molar-refractivity contribution in [2.45, 2.75) is 5.16 Å². The van der Waals surface area contributed by atoms with Gasteiger partial charge < -0.3 is 0 Å². The highest BCUT2D eigenvalue weighted by molar-refractivity contribution is 7.99. The number of terminal acetylenes is 1. The molecule has 0 atom stereocenters. The topological polar surface area (TPSA) is 59.5 Å². The van der Waals surface area contributed by atoms with Crippen LogP contribution in [0.4, 0.5) is 0 Å². The van der Waals surface area contributed by atoms with Gasteiger partial charge in [-0.1, -0.05) is 35.9 Å². The standard InChI is InChI=1S/C15H13N5S/c1-3-9-21-15-18-14-12(10-17-19(14)2)13(16)20(15)11-7-5-4-6-8-11/h1,4-8,10,16H,9H2,2H3. The molecule has 0 bridgehead atoms. The highest BCUT2D eigenvalue weighted by atomic mass is 32.2. The summed E-state index contributed by atoms with van der Waals surface area (Å²) in [5.74, 6) is 3.10. The van der Waals surface area contributed by atoms with Crippen LogP contribution in [0.2, 0.25) is 0 Å². The molecule has 3 aromatic rings. The summed E-state index contributed by atoms with van der Waals surface area (Å²) in [5, 5.41) is 14.1. The van der Waals surface area contributed by atoms with Crippen LogP contribution in [0.3, 0.4) is 0 Å². The Morgan fingerprint density at radius 1 is 1.33 bits per heavy atom. The van der Waals surface area contributed by atoms with Crippen LogP contribution in [0, 0.1) is 17.8 Å². The van der Waals surface area contributed by atoms with Gasteiger partial charge in [-0.15, -0.1) is 6.42 Å². The number of benzene rings is 1. The monoisotopic (exact) mass is 295 g/mol. The number of fused-ring (bicyclic) bond motifs is 1. The van der Waals surface area contributed by atoms with Gasteiger partial charge in [0.05, 0.1) is 17.3 Å². The van der Waals surface area contributed by atoms with Crippen LogP contribution in [-0.4, -0.2) is 25.1 Å². The van der Waals surface area contributed by atoms with Crippen LogP contribution in [-0.2, 0) is 7.05 Å². The van der Waals surface area contributed by atoms with Gasteiger partial charge in [0.15, 0.2) is 10.8 Å². The first kappa shape index (κ1) is 13.5. The summed E-state index contributed by atoms with van der Waals surface area (Å²) in [6.07, 6.45) is 7.02. The number of nitrogens with one attached hydrogen (secondary N) is 1. The molecule has 2 heterocycles. The summed E-state index contributed by atoms with van der Waals surface area (Å²) >= 11 is 1.44. The van der Waals surface area contributed by atoms with E-state index in [9.17, 15) is 0 Å². The summed E-state index contributed by atoms with van der Waals surface area (Å²) in [7, 11) is 1.82. The van der Waals surface area contributed by atoms with Crippen molar-refractivity contribution >= 4 is 22.8 Å². The van der Waals surface area contributed by atoms with Crippen molar-refractivity contribution in [3.63, 3.8) is 0 Å². The van der Waals surface area contributed by atoms with Crippen molar-refractivity contribution < 1.29 is 0 Å². The lowest BCUT2D eigenvalue weighted by atomic mass is 10.3. The second kappa shape index (κ2) is 5.46. The fourth-order valence-electron chi connectivity index (χ4n) is 2.11. The predicted molar refractivity (Wildman–Crippen MR) is 83.2 cm³/mol. The molecule has 104 valence electrons. The summed E-state index contributed by atoms with van der Waals surface area (Å²) in [6, 6.07) is 9.71. The van der Waals surface area contributed by atoms with Gasteiger partial charge in [-0.25, -0.2) is 4.98 Å². The lowest BCUT2D eigenvalue weighted by Gasteiger charge is -2.12. The van der Waals surface area contributed by atoms with E-state index in [-0.39, 0.29) is 0 Å². The van der Waals surface area contributed by atoms with Gasteiger partial charge in [0.1, 0.15) is 5.49 Å². The van der Waals surface area contributed by atoms with E-state index in [0.29, 0.717) is 27.4 Å². The first-order valence-electron chi connectivity index (χ1n) is 6.33. The fourth-order valence-corrected chi connectivity index (χ4v) is 2.80. The summed E-state index contributed by atoms with van der Waals surface area (Å²) in [4.78, 5) is 4.62. The Kier molecular flexibility index (Phi) is 3.50. The van der Waals surface area contributed by atoms with Gasteiger partial charge in [0, 0.05) is 12.7 Å². The van der Waals surface area contributed by atoms with E-state index >= 15 is 0 Å². The van der Waals surface area contributed by atoms with Crippen LogP contribution in [0.5, 0.6) is 0 Å². The Hall–Kier alpha value is -2.52. The molecule has 0 aliphatic rings. The molecule has 0 radical (unpaired) electrons. The van der Waals surface area contributed by atoms with Crippen LogP contribution >= 0.6 is 11.8 Å². The molecule has 2 aromatic heterocycles. The third-order valence-electron chi connectivity index (χ3n) is 3.08. The normalized spacial score (nSPS) is 10.7. The molecule has 1 N–H and O–H groups in total. The smallest absolute Gasteiger partial charge is 0.177 e. The molecule has 0 saturated heterocycles. The average Bonchev–Trinajstić information content (AvgIpc) is 2.88. The zero-order chi connectivity index (χ0) is 14.8. The molecule has 0 saturated carbocycles. The van der Waals surface area contributed by atoms with E-state index < -0.39 is 0 Å². The lowest BCUT2D eigenvalue weighted by Crippen LogP contribution is -2.22. The average molecular weight is 295 g/mol. The first-order chi connectivity index (χ1) is 10.2. The van der Waals surface area contributed by atoms with Crippen LogP contribution in [0.1, 0.15) is 0 Å². The Morgan fingerprint density at radius 2 is 2.10 bits per heavy atom. The van der Waals surface area contributed by atoms with E-state index in [1.165, 1.54) is 11.8 Å². The number of para-hydroxylation sites is 1. The molecule has 5 nitrogen and oxygen atoms in total. The summed E-state index contributed by atoms with van der Waals surface area (Å²) in [5.41, 5.74) is 1.94. The summed E-state index contributed by atoms with van der Waals surface area (Å²) < 4.78 is 3.47. The molecule has 0 amide bonds. The zero-order valence-corrected chi connectivity index (χ0v) is 12.3. The lowest BCUT2D eigenvalue weighted by molar-refractivity contribution is 0.749. The van der Waals surface area contributed by atoms with Crippen LogP contribution in [0.25, 0.3) is 16.7 Å². The Labute approximate surface area is 126 Å². The van der Waals surface area contributed by atoms with Crippen molar-refractivity contribution in [2.75, 3.05) is 5.75 Å². The molecular formula is C15H13N5S. The number of nitrogens with zero attached hydrogens (tertiary/aromatic N) is 4. The Balaban J connectivity index is 2.32. The van der Waals surface area contributed by atoms with Crippen LogP contribution in [0.15, 0.2) is 41.7 Å². The second-order valence-electron chi connectivity index (χ2n) is 4.41. The fraction of sp³-hybridized carbons (Fsp3) is 0.133. The number of hydrogen-bond donors (Lipinski definition) is 1. The van der Waals surface area contributed by atoms with Gasteiger partial charge >= 0.3 is 0 Å². The SMILES string of the molecule is C#CCSc1nc2c(cnn2C)c(=N)n1-c1ccccc1. The molecule has 0 aliphatic heterocycles. The third kappa shape index (κ3) is 2.32. The molecular weight excluding hydrogens is 282 g/mol. The highest BCUT2D eigenvalue weighted by Crippen LogP contribution is 2.20. The predicted octanol–water partition coefficient (Wildman–Crippen LogP) is 1.96. The largest absolute Gasteiger partial charge is 0.283 e. The quantitative estimate of drug-likeness (QED) is 0.456. The van der Waals surface area contributed by atoms with E-state index in [1.54, 1.807) is 15.4 Å². The number of thioether (sulfide) groups is 1. The molecule has 21 heavy (non-hydrogen) atoms. The molecule has 0 fully saturated rings. The number of hydrogen-bond acceptors (Lipinski definition) is 4. The van der Waals surface area contributed by atoms with Gasteiger partial charge in [-0.2, -0.15) is 5.10 Å². The maximum absolute atomic E-state index is 8.47. The number of aromatic nitrogens is 4. The molecule has 0 aliphatic carbocycles. The van der Waals surface area contributed by atoms with E-state index in [2.05, 4.69) is 16.0 Å². The maximum atomic E-state index is 8.47. The Bertz CT molecular complexity index is 886. The van der Waals surface area contributed by atoms with Gasteiger partial charge in [0.2, 0.25) is 0 Å². The highest BCUT2D eigenvalue weighted by Gasteiger charge is 2.13. The van der Waals surface area contributed by atoms with Gasteiger partial charge in [-0.05, 0) is 12.1 Å². The van der Waals surface area contributed by atoms with E-state index in [1.807, 2.05) is 37.4 Å². The van der Waals surface area contributed by atoms with Crippen molar-refractivity contribution in [3.8, 4) is 18.0 Å².